The summed E-state index contributed by atoms with van der Waals surface area (Å²) in [6.45, 7) is 3.05. The fourth-order valence-corrected chi connectivity index (χ4v) is 3.23. The van der Waals surface area contributed by atoms with Crippen LogP contribution < -0.4 is 5.32 Å². The molecular weight excluding hydrogens is 321 g/mol. The molecule has 3 rings (SSSR count). The van der Waals surface area contributed by atoms with E-state index in [2.05, 4.69) is 22.2 Å². The van der Waals surface area contributed by atoms with Gasteiger partial charge in [0.25, 0.3) is 0 Å². The maximum atomic E-state index is 13.8. The van der Waals surface area contributed by atoms with Crippen LogP contribution in [0.3, 0.4) is 0 Å². The first-order chi connectivity index (χ1) is 11.8. The fraction of sp³-hybridized carbons (Fsp3) is 0.263. The van der Waals surface area contributed by atoms with Crippen LogP contribution in [0.2, 0.25) is 0 Å². The average Bonchev–Trinajstić information content (AvgIpc) is 2.61. The van der Waals surface area contributed by atoms with E-state index < -0.39 is 0 Å². The molecule has 24 heavy (non-hydrogen) atoms. The van der Waals surface area contributed by atoms with Gasteiger partial charge in [-0.25, -0.2) is 14.4 Å². The summed E-state index contributed by atoms with van der Waals surface area (Å²) in [6, 6.07) is 14.8. The number of hydrogen-bond acceptors (Lipinski definition) is 4. The third-order valence-electron chi connectivity index (χ3n) is 3.72. The van der Waals surface area contributed by atoms with Crippen molar-refractivity contribution in [3.05, 3.63) is 59.9 Å². The molecule has 0 aliphatic rings. The van der Waals surface area contributed by atoms with Crippen LogP contribution >= 0.6 is 11.8 Å². The minimum atomic E-state index is -0.188. The number of anilines is 1. The van der Waals surface area contributed by atoms with E-state index in [9.17, 15) is 4.39 Å². The van der Waals surface area contributed by atoms with Gasteiger partial charge in [0.1, 0.15) is 11.6 Å². The van der Waals surface area contributed by atoms with Crippen LogP contribution in [0.4, 0.5) is 10.2 Å². The van der Waals surface area contributed by atoms with Crippen LogP contribution in [-0.2, 0) is 5.75 Å². The molecule has 1 N–H and O–H groups in total. The number of para-hydroxylation sites is 1. The molecule has 0 atom stereocenters. The van der Waals surface area contributed by atoms with Crippen molar-refractivity contribution >= 4 is 28.5 Å². The normalized spacial score (nSPS) is 10.9. The standard InChI is InChI=1S/C19H20FN3S/c1-2-3-12-21-18-15-9-5-7-11-17(15)22-19(23-18)24-13-14-8-4-6-10-16(14)20/h4-11H,2-3,12-13H2,1H3,(H,21,22,23). The first-order valence-electron chi connectivity index (χ1n) is 8.15. The molecule has 1 aromatic heterocycles. The van der Waals surface area contributed by atoms with Crippen molar-refractivity contribution in [2.24, 2.45) is 0 Å². The second-order valence-corrected chi connectivity index (χ2v) is 6.47. The van der Waals surface area contributed by atoms with Gasteiger partial charge in [0, 0.05) is 17.7 Å². The number of hydrogen-bond donors (Lipinski definition) is 1. The van der Waals surface area contributed by atoms with Gasteiger partial charge in [0.05, 0.1) is 5.52 Å². The lowest BCUT2D eigenvalue weighted by molar-refractivity contribution is 0.617. The van der Waals surface area contributed by atoms with Gasteiger partial charge in [-0.05, 0) is 30.2 Å². The van der Waals surface area contributed by atoms with Crippen molar-refractivity contribution in [3.63, 3.8) is 0 Å². The van der Waals surface area contributed by atoms with Crippen LogP contribution in [0.5, 0.6) is 0 Å². The summed E-state index contributed by atoms with van der Waals surface area (Å²) in [5.41, 5.74) is 1.57. The predicted molar refractivity (Wildman–Crippen MR) is 98.9 cm³/mol. The minimum absolute atomic E-state index is 0.188. The molecule has 0 radical (unpaired) electrons. The van der Waals surface area contributed by atoms with Crippen molar-refractivity contribution in [2.75, 3.05) is 11.9 Å². The highest BCUT2D eigenvalue weighted by atomic mass is 32.2. The van der Waals surface area contributed by atoms with E-state index in [1.807, 2.05) is 30.3 Å². The van der Waals surface area contributed by atoms with E-state index in [-0.39, 0.29) is 5.82 Å². The van der Waals surface area contributed by atoms with Gasteiger partial charge in [-0.2, -0.15) is 0 Å². The molecule has 2 aromatic carbocycles. The van der Waals surface area contributed by atoms with Gasteiger partial charge >= 0.3 is 0 Å². The molecular formula is C19H20FN3S. The maximum absolute atomic E-state index is 13.8. The number of unbranched alkanes of at least 4 members (excludes halogenated alkanes) is 1. The van der Waals surface area contributed by atoms with E-state index in [1.165, 1.54) is 17.8 Å². The van der Waals surface area contributed by atoms with E-state index >= 15 is 0 Å². The lowest BCUT2D eigenvalue weighted by atomic mass is 10.2. The molecule has 0 fully saturated rings. The van der Waals surface area contributed by atoms with Gasteiger partial charge < -0.3 is 5.32 Å². The Kier molecular flexibility index (Phi) is 5.64. The lowest BCUT2D eigenvalue weighted by Crippen LogP contribution is -2.05. The highest BCUT2D eigenvalue weighted by molar-refractivity contribution is 7.98. The molecule has 124 valence electrons. The number of nitrogens with one attached hydrogen (secondary N) is 1. The first kappa shape index (κ1) is 16.7. The second kappa shape index (κ2) is 8.11. The summed E-state index contributed by atoms with van der Waals surface area (Å²) >= 11 is 1.45. The molecule has 1 heterocycles. The molecule has 0 unspecified atom stereocenters. The first-order valence-corrected chi connectivity index (χ1v) is 9.13. The van der Waals surface area contributed by atoms with Crippen LogP contribution in [0.15, 0.2) is 53.7 Å². The van der Waals surface area contributed by atoms with Crippen LogP contribution in [0, 0.1) is 5.82 Å². The number of nitrogens with zero attached hydrogens (tertiary/aromatic N) is 2. The summed E-state index contributed by atoms with van der Waals surface area (Å²) in [5.74, 6) is 1.18. The number of rotatable bonds is 7. The summed E-state index contributed by atoms with van der Waals surface area (Å²) < 4.78 is 13.8. The van der Waals surface area contributed by atoms with Crippen LogP contribution in [0.25, 0.3) is 10.9 Å². The van der Waals surface area contributed by atoms with E-state index in [1.54, 1.807) is 12.1 Å². The van der Waals surface area contributed by atoms with Gasteiger partial charge in [0.2, 0.25) is 0 Å². The largest absolute Gasteiger partial charge is 0.369 e. The van der Waals surface area contributed by atoms with Crippen molar-refractivity contribution in [1.29, 1.82) is 0 Å². The fourth-order valence-electron chi connectivity index (χ4n) is 2.40. The Bertz CT molecular complexity index is 823. The number of fused-ring (bicyclic) bond motifs is 1. The SMILES string of the molecule is CCCCNc1nc(SCc2ccccc2F)nc2ccccc12. The van der Waals surface area contributed by atoms with Crippen molar-refractivity contribution in [3.8, 4) is 0 Å². The Labute approximate surface area is 145 Å². The zero-order valence-corrected chi connectivity index (χ0v) is 14.4. The quantitative estimate of drug-likeness (QED) is 0.361. The zero-order chi connectivity index (χ0) is 16.8. The molecule has 3 nitrogen and oxygen atoms in total. The smallest absolute Gasteiger partial charge is 0.190 e. The summed E-state index contributed by atoms with van der Waals surface area (Å²) in [4.78, 5) is 9.23. The average molecular weight is 341 g/mol. The summed E-state index contributed by atoms with van der Waals surface area (Å²) in [7, 11) is 0. The lowest BCUT2D eigenvalue weighted by Gasteiger charge is -2.10. The predicted octanol–water partition coefficient (Wildman–Crippen LogP) is 5.27. The number of aromatic nitrogens is 2. The maximum Gasteiger partial charge on any atom is 0.190 e. The topological polar surface area (TPSA) is 37.8 Å². The molecule has 0 spiro atoms. The monoisotopic (exact) mass is 341 g/mol. The van der Waals surface area contributed by atoms with Crippen LogP contribution in [0.1, 0.15) is 25.3 Å². The summed E-state index contributed by atoms with van der Waals surface area (Å²) in [6.07, 6.45) is 2.22. The summed E-state index contributed by atoms with van der Waals surface area (Å²) in [5, 5.41) is 5.08. The number of halogens is 1. The molecule has 0 aliphatic carbocycles. The second-order valence-electron chi connectivity index (χ2n) is 5.53. The van der Waals surface area contributed by atoms with E-state index in [0.29, 0.717) is 16.5 Å². The van der Waals surface area contributed by atoms with Gasteiger partial charge in [-0.15, -0.1) is 0 Å². The van der Waals surface area contributed by atoms with Gasteiger partial charge in [-0.1, -0.05) is 55.4 Å². The highest BCUT2D eigenvalue weighted by Crippen LogP contribution is 2.27. The Balaban J connectivity index is 1.83. The molecule has 3 aromatic rings. The Morgan fingerprint density at radius 2 is 1.83 bits per heavy atom. The van der Waals surface area contributed by atoms with Crippen molar-refractivity contribution < 1.29 is 4.39 Å². The van der Waals surface area contributed by atoms with Gasteiger partial charge in [0.15, 0.2) is 5.16 Å². The number of thioether (sulfide) groups is 1. The molecule has 0 amide bonds. The van der Waals surface area contributed by atoms with Crippen molar-refractivity contribution in [1.82, 2.24) is 9.97 Å². The third-order valence-corrected chi connectivity index (χ3v) is 4.62. The molecule has 0 bridgehead atoms. The number of benzene rings is 2. The Hall–Kier alpha value is -2.14. The van der Waals surface area contributed by atoms with Gasteiger partial charge in [-0.3, -0.25) is 0 Å². The molecule has 0 aliphatic heterocycles. The van der Waals surface area contributed by atoms with Crippen molar-refractivity contribution in [2.45, 2.75) is 30.7 Å². The van der Waals surface area contributed by atoms with E-state index in [0.717, 1.165) is 36.1 Å². The third kappa shape index (κ3) is 4.03. The molecule has 0 saturated heterocycles. The zero-order valence-electron chi connectivity index (χ0n) is 13.6. The van der Waals surface area contributed by atoms with Crippen LogP contribution in [-0.4, -0.2) is 16.5 Å². The Morgan fingerprint density at radius 1 is 1.04 bits per heavy atom. The highest BCUT2D eigenvalue weighted by Gasteiger charge is 2.09. The molecule has 0 saturated carbocycles. The Morgan fingerprint density at radius 3 is 2.67 bits per heavy atom. The molecule has 5 heteroatoms. The minimum Gasteiger partial charge on any atom is -0.369 e. The van der Waals surface area contributed by atoms with E-state index in [4.69, 9.17) is 0 Å².